The Labute approximate surface area is 207 Å². The molecule has 0 radical (unpaired) electrons. The van der Waals surface area contributed by atoms with Crippen LogP contribution in [-0.4, -0.2) is 28.5 Å². The lowest BCUT2D eigenvalue weighted by atomic mass is 10.1. The van der Waals surface area contributed by atoms with Gasteiger partial charge < -0.3 is 4.74 Å². The van der Waals surface area contributed by atoms with Gasteiger partial charge in [-0.25, -0.2) is 4.79 Å². The molecule has 0 aromatic heterocycles. The van der Waals surface area contributed by atoms with Crippen LogP contribution in [0.4, 0.5) is 4.79 Å². The van der Waals surface area contributed by atoms with Gasteiger partial charge in [-0.2, -0.15) is 32.5 Å². The fraction of sp³-hybridized carbons (Fsp3) is 0.435. The van der Waals surface area contributed by atoms with Crippen LogP contribution in [0.2, 0.25) is 0 Å². The number of ether oxygens (including phenoxy) is 1. The van der Waals surface area contributed by atoms with Crippen LogP contribution in [0.1, 0.15) is 54.2 Å². The summed E-state index contributed by atoms with van der Waals surface area (Å²) in [6.07, 6.45) is -0.964. The molecule has 1 amide bonds. The van der Waals surface area contributed by atoms with E-state index in [0.717, 1.165) is 11.1 Å². The quantitative estimate of drug-likeness (QED) is 0.547. The molecule has 0 saturated heterocycles. The average molecular weight is 531 g/mol. The van der Waals surface area contributed by atoms with Crippen molar-refractivity contribution in [2.24, 2.45) is 5.90 Å². The van der Waals surface area contributed by atoms with Gasteiger partial charge in [0.25, 0.3) is 0 Å². The first-order valence-electron chi connectivity index (χ1n) is 10.5. The van der Waals surface area contributed by atoms with Gasteiger partial charge in [0.05, 0.1) is 0 Å². The van der Waals surface area contributed by atoms with Crippen molar-refractivity contribution < 1.29 is 34.9 Å². The second-order valence-electron chi connectivity index (χ2n) is 9.15. The predicted molar refractivity (Wildman–Crippen MR) is 131 cm³/mol. The number of hydrogen-bond acceptors (Lipinski definition) is 9. The van der Waals surface area contributed by atoms with E-state index in [1.165, 1.54) is 0 Å². The van der Waals surface area contributed by atoms with E-state index < -0.39 is 31.9 Å². The number of aryl methyl sites for hydroxylation is 6. The summed E-state index contributed by atoms with van der Waals surface area (Å²) >= 11 is 0. The maximum Gasteiger partial charge on any atom is 0.432 e. The van der Waals surface area contributed by atoms with Crippen molar-refractivity contribution in [1.29, 1.82) is 0 Å². The minimum Gasteiger partial charge on any atom is -0.442 e. The lowest BCUT2D eigenvalue weighted by molar-refractivity contribution is 0.0298. The van der Waals surface area contributed by atoms with E-state index in [-0.39, 0.29) is 9.79 Å². The number of carbonyl (C=O) groups is 1. The number of hydrogen-bond donors (Lipinski definition) is 2. The second-order valence-corrected chi connectivity index (χ2v) is 12.1. The lowest BCUT2D eigenvalue weighted by Gasteiger charge is -2.19. The van der Waals surface area contributed by atoms with Gasteiger partial charge in [-0.3, -0.25) is 0 Å². The molecule has 2 aromatic rings. The van der Waals surface area contributed by atoms with Crippen molar-refractivity contribution in [3.05, 3.63) is 57.6 Å². The molecule has 12 heteroatoms. The molecule has 0 aliphatic heterocycles. The molecule has 0 bridgehead atoms. The Morgan fingerprint density at radius 1 is 0.743 bits per heavy atom. The molecule has 2 aromatic carbocycles. The SMILES string of the molecule is Cc1cc(C)c(S(=O)(=O)ON)c(C)c1.Cc1cc(C)c(S(=O)(=O)ONC(=O)OC(C)(C)C)c(C)c1. The molecule has 3 N–H and O–H groups in total. The number of amides is 1. The van der Waals surface area contributed by atoms with E-state index in [1.54, 1.807) is 78.2 Å². The van der Waals surface area contributed by atoms with Crippen molar-refractivity contribution in [2.75, 3.05) is 0 Å². The van der Waals surface area contributed by atoms with E-state index in [2.05, 4.69) is 8.57 Å². The van der Waals surface area contributed by atoms with Crippen LogP contribution in [0.25, 0.3) is 0 Å². The maximum absolute atomic E-state index is 12.2. The first-order chi connectivity index (χ1) is 15.8. The number of carbonyl (C=O) groups excluding carboxylic acids is 1. The minimum absolute atomic E-state index is 0.0455. The zero-order valence-corrected chi connectivity index (χ0v) is 23.1. The molecular weight excluding hydrogens is 496 g/mol. The van der Waals surface area contributed by atoms with Gasteiger partial charge in [0.2, 0.25) is 0 Å². The molecule has 0 saturated carbocycles. The van der Waals surface area contributed by atoms with Crippen LogP contribution < -0.4 is 11.4 Å². The summed E-state index contributed by atoms with van der Waals surface area (Å²) in [5.41, 5.74) is 5.41. The first-order valence-corrected chi connectivity index (χ1v) is 13.3. The second kappa shape index (κ2) is 11.5. The largest absolute Gasteiger partial charge is 0.442 e. The van der Waals surface area contributed by atoms with Gasteiger partial charge in [-0.15, -0.1) is 4.28 Å². The summed E-state index contributed by atoms with van der Waals surface area (Å²) < 4.78 is 60.6. The number of benzene rings is 2. The smallest absolute Gasteiger partial charge is 0.432 e. The van der Waals surface area contributed by atoms with Crippen LogP contribution >= 0.6 is 0 Å². The third-order valence-electron chi connectivity index (χ3n) is 4.47. The fourth-order valence-corrected chi connectivity index (χ4v) is 5.77. The van der Waals surface area contributed by atoms with Gasteiger partial charge in [0.1, 0.15) is 15.4 Å². The molecule has 2 rings (SSSR count). The Morgan fingerprint density at radius 3 is 1.40 bits per heavy atom. The summed E-state index contributed by atoms with van der Waals surface area (Å²) in [6, 6.07) is 7.02. The normalized spacial score (nSPS) is 11.9. The van der Waals surface area contributed by atoms with Gasteiger partial charge in [-0.05, 0) is 84.6 Å². The number of rotatable bonds is 5. The van der Waals surface area contributed by atoms with Gasteiger partial charge in [-0.1, -0.05) is 35.4 Å². The van der Waals surface area contributed by atoms with Gasteiger partial charge in [0.15, 0.2) is 0 Å². The molecule has 0 fully saturated rings. The van der Waals surface area contributed by atoms with Crippen LogP contribution in [0.15, 0.2) is 34.1 Å². The Kier molecular flexibility index (Phi) is 10.0. The summed E-state index contributed by atoms with van der Waals surface area (Å²) in [6.45, 7) is 15.5. The summed E-state index contributed by atoms with van der Waals surface area (Å²) in [7, 11) is -7.90. The van der Waals surface area contributed by atoms with Crippen LogP contribution in [-0.2, 0) is 33.5 Å². The molecule has 0 heterocycles. The average Bonchev–Trinajstić information content (AvgIpc) is 2.63. The van der Waals surface area contributed by atoms with E-state index in [0.29, 0.717) is 22.3 Å². The van der Waals surface area contributed by atoms with Crippen molar-refractivity contribution >= 4 is 26.3 Å². The minimum atomic E-state index is -4.10. The summed E-state index contributed by atoms with van der Waals surface area (Å²) in [5.74, 6) is 4.73. The van der Waals surface area contributed by atoms with E-state index in [9.17, 15) is 21.6 Å². The highest BCUT2D eigenvalue weighted by Crippen LogP contribution is 2.24. The zero-order chi connectivity index (χ0) is 27.4. The zero-order valence-electron chi connectivity index (χ0n) is 21.5. The number of hydroxylamine groups is 1. The van der Waals surface area contributed by atoms with Crippen molar-refractivity contribution in [3.8, 4) is 0 Å². The van der Waals surface area contributed by atoms with Crippen molar-refractivity contribution in [1.82, 2.24) is 5.48 Å². The lowest BCUT2D eigenvalue weighted by Crippen LogP contribution is -2.34. The molecule has 0 atom stereocenters. The molecule has 35 heavy (non-hydrogen) atoms. The molecule has 0 aliphatic rings. The molecule has 10 nitrogen and oxygen atoms in total. The van der Waals surface area contributed by atoms with Crippen LogP contribution in [0.3, 0.4) is 0 Å². The summed E-state index contributed by atoms with van der Waals surface area (Å²) in [5, 5.41) is 0. The third-order valence-corrected chi connectivity index (χ3v) is 7.31. The Balaban J connectivity index is 0.000000379. The fourth-order valence-electron chi connectivity index (χ4n) is 3.60. The number of nitrogens with one attached hydrogen (secondary N) is 1. The molecule has 0 unspecified atom stereocenters. The number of nitrogens with two attached hydrogens (primary N) is 1. The highest BCUT2D eigenvalue weighted by atomic mass is 32.2. The highest BCUT2D eigenvalue weighted by molar-refractivity contribution is 7.87. The molecular formula is C23H34N2O8S2. The van der Waals surface area contributed by atoms with E-state index in [4.69, 9.17) is 10.6 Å². The maximum atomic E-state index is 12.2. The third kappa shape index (κ3) is 8.89. The standard InChI is InChI=1S/C14H21NO5S.C9H13NO3S/c1-9-7-10(2)12(11(3)8-9)21(17,18)20-15-13(16)19-14(4,5)6;1-6-4-7(2)9(8(3)5-6)14(11,12)13-10/h7-8H,1-6H3,(H,15,16);4-5H,10H2,1-3H3. The van der Waals surface area contributed by atoms with Gasteiger partial charge in [0, 0.05) is 0 Å². The highest BCUT2D eigenvalue weighted by Gasteiger charge is 2.24. The topological polar surface area (TPSA) is 151 Å². The monoisotopic (exact) mass is 530 g/mol. The first kappa shape index (κ1) is 30.5. The van der Waals surface area contributed by atoms with Crippen molar-refractivity contribution in [2.45, 2.75) is 77.7 Å². The van der Waals surface area contributed by atoms with Crippen LogP contribution in [0.5, 0.6) is 0 Å². The Hall–Kier alpha value is -2.51. The molecule has 196 valence electrons. The summed E-state index contributed by atoms with van der Waals surface area (Å²) in [4.78, 5) is 11.6. The van der Waals surface area contributed by atoms with E-state index >= 15 is 0 Å². The molecule has 0 spiro atoms. The van der Waals surface area contributed by atoms with Crippen molar-refractivity contribution in [3.63, 3.8) is 0 Å². The Morgan fingerprint density at radius 2 is 1.09 bits per heavy atom. The molecule has 0 aliphatic carbocycles. The Bertz CT molecular complexity index is 1250. The van der Waals surface area contributed by atoms with Crippen LogP contribution in [0, 0.1) is 41.5 Å². The predicted octanol–water partition coefficient (Wildman–Crippen LogP) is 3.95. The van der Waals surface area contributed by atoms with Gasteiger partial charge >= 0.3 is 26.3 Å². The van der Waals surface area contributed by atoms with E-state index in [1.807, 2.05) is 13.8 Å².